The van der Waals surface area contributed by atoms with Gasteiger partial charge in [-0.25, -0.2) is 4.79 Å². The molecular formula is C17H16ClNO2. The third kappa shape index (κ3) is 3.26. The highest BCUT2D eigenvalue weighted by molar-refractivity contribution is 6.30. The Hall–Kier alpha value is -1.84. The molecule has 0 saturated carbocycles. The lowest BCUT2D eigenvalue weighted by molar-refractivity contribution is -0.134. The summed E-state index contributed by atoms with van der Waals surface area (Å²) >= 11 is 5.81. The van der Waals surface area contributed by atoms with E-state index in [1.807, 2.05) is 18.2 Å². The van der Waals surface area contributed by atoms with Gasteiger partial charge in [0.1, 0.15) is 11.8 Å². The van der Waals surface area contributed by atoms with Crippen molar-refractivity contribution in [2.24, 2.45) is 0 Å². The number of carbonyl (C=O) groups is 1. The van der Waals surface area contributed by atoms with Gasteiger partial charge in [-0.05, 0) is 36.8 Å². The quantitative estimate of drug-likeness (QED) is 0.490. The van der Waals surface area contributed by atoms with Gasteiger partial charge >= 0.3 is 5.97 Å². The smallest absolute Gasteiger partial charge is 0.330 e. The molecule has 2 aromatic rings. The van der Waals surface area contributed by atoms with Crippen molar-refractivity contribution in [1.29, 1.82) is 0 Å². The lowest BCUT2D eigenvalue weighted by Gasteiger charge is -2.14. The van der Waals surface area contributed by atoms with Crippen molar-refractivity contribution in [2.75, 3.05) is 6.54 Å². The van der Waals surface area contributed by atoms with E-state index in [1.54, 1.807) is 24.3 Å². The summed E-state index contributed by atoms with van der Waals surface area (Å²) in [5.74, 6) is 0.323. The summed E-state index contributed by atoms with van der Waals surface area (Å²) < 4.78 is 5.37. The molecule has 0 N–H and O–H groups in total. The zero-order valence-electron chi connectivity index (χ0n) is 11.7. The van der Waals surface area contributed by atoms with Crippen LogP contribution in [0.1, 0.15) is 18.5 Å². The molecule has 2 aromatic carbocycles. The zero-order chi connectivity index (χ0) is 14.8. The average Bonchev–Trinajstić information content (AvgIpc) is 3.30. The number of carbonyl (C=O) groups excluding carboxylic acids is 1. The van der Waals surface area contributed by atoms with Crippen molar-refractivity contribution >= 4 is 17.6 Å². The summed E-state index contributed by atoms with van der Waals surface area (Å²) in [6.07, 6.45) is 0. The lowest BCUT2D eigenvalue weighted by atomic mass is 10.1. The molecule has 0 bridgehead atoms. The average molecular weight is 302 g/mol. The molecule has 21 heavy (non-hydrogen) atoms. The molecule has 1 unspecified atom stereocenters. The first-order chi connectivity index (χ1) is 10.1. The van der Waals surface area contributed by atoms with Gasteiger partial charge in [0, 0.05) is 17.6 Å². The molecular weight excluding hydrogens is 286 g/mol. The maximum atomic E-state index is 12.1. The van der Waals surface area contributed by atoms with E-state index in [-0.39, 0.29) is 18.1 Å². The van der Waals surface area contributed by atoms with Gasteiger partial charge in [-0.15, -0.1) is 0 Å². The van der Waals surface area contributed by atoms with Crippen LogP contribution in [0.4, 0.5) is 0 Å². The van der Waals surface area contributed by atoms with E-state index in [0.29, 0.717) is 10.8 Å². The molecule has 1 saturated heterocycles. The summed E-state index contributed by atoms with van der Waals surface area (Å²) in [6.45, 7) is 2.84. The van der Waals surface area contributed by atoms with Crippen LogP contribution in [0.15, 0.2) is 54.6 Å². The number of nitrogens with zero attached hydrogens (tertiary/aromatic N) is 1. The van der Waals surface area contributed by atoms with Crippen LogP contribution in [0.2, 0.25) is 5.02 Å². The van der Waals surface area contributed by atoms with Crippen molar-refractivity contribution in [3.05, 3.63) is 65.2 Å². The van der Waals surface area contributed by atoms with Crippen LogP contribution in [0, 0.1) is 0 Å². The van der Waals surface area contributed by atoms with E-state index in [0.717, 1.165) is 6.54 Å². The van der Waals surface area contributed by atoms with Gasteiger partial charge in [0.15, 0.2) is 0 Å². The maximum Gasteiger partial charge on any atom is 0.330 e. The van der Waals surface area contributed by atoms with Crippen LogP contribution in [-0.2, 0) is 4.79 Å². The second-order valence-corrected chi connectivity index (χ2v) is 5.61. The number of benzene rings is 2. The second kappa shape index (κ2) is 5.88. The number of hydrogen-bond donors (Lipinski definition) is 0. The standard InChI is InChI=1S/C17H16ClNO2/c1-12(13-5-3-2-4-6-13)19-11-16(19)17(20)21-15-9-7-14(18)8-10-15/h2-10,12,16H,11H2,1H3/t12-,16-,19?/m1/s1. The molecule has 0 radical (unpaired) electrons. The maximum absolute atomic E-state index is 12.1. The van der Waals surface area contributed by atoms with Gasteiger partial charge in [0.2, 0.25) is 0 Å². The summed E-state index contributed by atoms with van der Waals surface area (Å²) in [6, 6.07) is 17.0. The number of ether oxygens (including phenoxy) is 1. The Morgan fingerprint density at radius 3 is 2.52 bits per heavy atom. The molecule has 3 rings (SSSR count). The van der Waals surface area contributed by atoms with Crippen molar-refractivity contribution in [3.63, 3.8) is 0 Å². The fourth-order valence-electron chi connectivity index (χ4n) is 2.40. The van der Waals surface area contributed by atoms with Gasteiger partial charge in [0.25, 0.3) is 0 Å². The highest BCUT2D eigenvalue weighted by Crippen LogP contribution is 2.32. The molecule has 4 heteroatoms. The minimum atomic E-state index is -0.208. The Bertz CT molecular complexity index is 627. The van der Waals surface area contributed by atoms with E-state index in [1.165, 1.54) is 5.56 Å². The van der Waals surface area contributed by atoms with E-state index < -0.39 is 0 Å². The van der Waals surface area contributed by atoms with Crippen LogP contribution >= 0.6 is 11.6 Å². The Balaban J connectivity index is 1.60. The van der Waals surface area contributed by atoms with Crippen LogP contribution in [0.5, 0.6) is 5.75 Å². The fourth-order valence-corrected chi connectivity index (χ4v) is 2.53. The normalized spacial score (nSPS) is 21.6. The van der Waals surface area contributed by atoms with Gasteiger partial charge < -0.3 is 4.74 Å². The zero-order valence-corrected chi connectivity index (χ0v) is 12.5. The van der Waals surface area contributed by atoms with Gasteiger partial charge in [-0.2, -0.15) is 0 Å². The van der Waals surface area contributed by atoms with Crippen LogP contribution in [0.25, 0.3) is 0 Å². The largest absolute Gasteiger partial charge is 0.425 e. The predicted octanol–water partition coefficient (Wildman–Crippen LogP) is 3.69. The molecule has 1 aliphatic heterocycles. The molecule has 0 aliphatic carbocycles. The van der Waals surface area contributed by atoms with Crippen molar-refractivity contribution in [2.45, 2.75) is 19.0 Å². The second-order valence-electron chi connectivity index (χ2n) is 5.17. The Labute approximate surface area is 129 Å². The number of halogens is 1. The third-order valence-electron chi connectivity index (χ3n) is 3.73. The number of rotatable bonds is 4. The highest BCUT2D eigenvalue weighted by Gasteiger charge is 2.45. The molecule has 3 nitrogen and oxygen atoms in total. The highest BCUT2D eigenvalue weighted by atomic mass is 35.5. The number of hydrogen-bond acceptors (Lipinski definition) is 3. The SMILES string of the molecule is C[C@H](c1ccccc1)N1C[C@@H]1C(=O)Oc1ccc(Cl)cc1. The first-order valence-electron chi connectivity index (χ1n) is 6.93. The van der Waals surface area contributed by atoms with E-state index >= 15 is 0 Å². The molecule has 3 atom stereocenters. The van der Waals surface area contributed by atoms with Gasteiger partial charge in [0.05, 0.1) is 0 Å². The summed E-state index contributed by atoms with van der Waals surface area (Å²) in [5, 5.41) is 0.626. The lowest BCUT2D eigenvalue weighted by Crippen LogP contribution is -2.20. The Morgan fingerprint density at radius 1 is 1.19 bits per heavy atom. The van der Waals surface area contributed by atoms with E-state index in [9.17, 15) is 4.79 Å². The summed E-state index contributed by atoms with van der Waals surface area (Å²) in [7, 11) is 0. The minimum Gasteiger partial charge on any atom is -0.425 e. The summed E-state index contributed by atoms with van der Waals surface area (Å²) in [4.78, 5) is 14.2. The minimum absolute atomic E-state index is 0.157. The van der Waals surface area contributed by atoms with Gasteiger partial charge in [-0.1, -0.05) is 41.9 Å². The fraction of sp³-hybridized carbons (Fsp3) is 0.235. The van der Waals surface area contributed by atoms with Crippen molar-refractivity contribution in [1.82, 2.24) is 4.90 Å². The predicted molar refractivity (Wildman–Crippen MR) is 82.4 cm³/mol. The van der Waals surface area contributed by atoms with E-state index in [2.05, 4.69) is 24.0 Å². The van der Waals surface area contributed by atoms with Crippen molar-refractivity contribution < 1.29 is 9.53 Å². The molecule has 108 valence electrons. The number of esters is 1. The van der Waals surface area contributed by atoms with E-state index in [4.69, 9.17) is 16.3 Å². The first-order valence-corrected chi connectivity index (χ1v) is 7.31. The Morgan fingerprint density at radius 2 is 1.86 bits per heavy atom. The molecule has 0 spiro atoms. The van der Waals surface area contributed by atoms with Crippen LogP contribution < -0.4 is 4.74 Å². The molecule has 1 aliphatic rings. The van der Waals surface area contributed by atoms with Crippen LogP contribution in [-0.4, -0.2) is 23.5 Å². The molecule has 1 fully saturated rings. The molecule has 0 aromatic heterocycles. The third-order valence-corrected chi connectivity index (χ3v) is 3.99. The van der Waals surface area contributed by atoms with Gasteiger partial charge in [-0.3, -0.25) is 4.90 Å². The van der Waals surface area contributed by atoms with Crippen LogP contribution in [0.3, 0.4) is 0 Å². The first kappa shape index (κ1) is 14.1. The monoisotopic (exact) mass is 301 g/mol. The molecule has 0 amide bonds. The molecule has 1 heterocycles. The Kier molecular flexibility index (Phi) is 3.95. The van der Waals surface area contributed by atoms with Crippen molar-refractivity contribution in [3.8, 4) is 5.75 Å². The topological polar surface area (TPSA) is 29.3 Å². The summed E-state index contributed by atoms with van der Waals surface area (Å²) in [5.41, 5.74) is 1.21.